The van der Waals surface area contributed by atoms with Crippen molar-refractivity contribution in [2.24, 2.45) is 5.73 Å². The van der Waals surface area contributed by atoms with E-state index in [9.17, 15) is 18.0 Å². The third-order valence-electron chi connectivity index (χ3n) is 3.14. The van der Waals surface area contributed by atoms with E-state index in [0.717, 1.165) is 12.1 Å². The Kier molecular flexibility index (Phi) is 5.56. The van der Waals surface area contributed by atoms with Crippen LogP contribution >= 0.6 is 23.2 Å². The Balaban J connectivity index is 2.28. The smallest absolute Gasteiger partial charge is 0.265 e. The summed E-state index contributed by atoms with van der Waals surface area (Å²) in [6, 6.07) is 7.25. The van der Waals surface area contributed by atoms with Crippen molar-refractivity contribution in [1.82, 2.24) is 4.72 Å². The fourth-order valence-corrected chi connectivity index (χ4v) is 3.54. The van der Waals surface area contributed by atoms with Gasteiger partial charge in [0.2, 0.25) is 5.91 Å². The number of carbonyl (C=O) groups is 2. The van der Waals surface area contributed by atoms with Gasteiger partial charge in [-0.3, -0.25) is 9.59 Å². The number of rotatable bonds is 5. The van der Waals surface area contributed by atoms with E-state index in [0.29, 0.717) is 0 Å². The molecule has 3 N–H and O–H groups in total. The molecule has 0 heterocycles. The van der Waals surface area contributed by atoms with Gasteiger partial charge in [-0.25, -0.2) is 13.1 Å². The molecule has 132 valence electrons. The van der Waals surface area contributed by atoms with Gasteiger partial charge in [0.05, 0.1) is 22.1 Å². The Hall–Kier alpha value is -2.29. The zero-order valence-electron chi connectivity index (χ0n) is 12.7. The topological polar surface area (TPSA) is 116 Å². The molecule has 2 aromatic rings. The highest BCUT2D eigenvalue weighted by Gasteiger charge is 2.21. The van der Waals surface area contributed by atoms with E-state index >= 15 is 0 Å². The third kappa shape index (κ3) is 4.22. The standard InChI is InChI=1S/C15H12Cl2N2O5S/c1-24-13-11(16)6-9(7-12(13)17)15(21)19-25(22,23)10-4-2-8(3-5-10)14(18)20/h2-7H,1H3,(H2,18,20)(H,19,21). The second-order valence-corrected chi connectivity index (χ2v) is 7.29. The third-order valence-corrected chi connectivity index (χ3v) is 5.05. The lowest BCUT2D eigenvalue weighted by atomic mass is 10.2. The van der Waals surface area contributed by atoms with E-state index < -0.39 is 21.8 Å². The Bertz CT molecular complexity index is 920. The minimum absolute atomic E-state index is 0.0587. The van der Waals surface area contributed by atoms with Gasteiger partial charge < -0.3 is 10.5 Å². The van der Waals surface area contributed by atoms with Crippen molar-refractivity contribution in [2.75, 3.05) is 7.11 Å². The van der Waals surface area contributed by atoms with Crippen LogP contribution in [0.2, 0.25) is 10.0 Å². The minimum atomic E-state index is -4.16. The quantitative estimate of drug-likeness (QED) is 0.794. The fraction of sp³-hybridized carbons (Fsp3) is 0.0667. The molecule has 0 aliphatic carbocycles. The summed E-state index contributed by atoms with van der Waals surface area (Å²) in [4.78, 5) is 23.0. The lowest BCUT2D eigenvalue weighted by Crippen LogP contribution is -2.30. The summed E-state index contributed by atoms with van der Waals surface area (Å²) in [5, 5.41) is 0.117. The molecule has 0 unspecified atom stereocenters. The first-order valence-corrected chi connectivity index (χ1v) is 8.89. The Labute approximate surface area is 153 Å². The first-order valence-electron chi connectivity index (χ1n) is 6.65. The molecule has 0 saturated heterocycles. The van der Waals surface area contributed by atoms with Crippen molar-refractivity contribution in [2.45, 2.75) is 4.90 Å². The van der Waals surface area contributed by atoms with Crippen molar-refractivity contribution in [3.05, 3.63) is 57.6 Å². The second kappa shape index (κ2) is 7.30. The second-order valence-electron chi connectivity index (χ2n) is 4.80. The van der Waals surface area contributed by atoms with Gasteiger partial charge in [0.25, 0.3) is 15.9 Å². The van der Waals surface area contributed by atoms with Crippen LogP contribution in [0.15, 0.2) is 41.3 Å². The van der Waals surface area contributed by atoms with E-state index in [-0.39, 0.29) is 31.8 Å². The molecule has 7 nitrogen and oxygen atoms in total. The predicted molar refractivity (Wildman–Crippen MR) is 92.6 cm³/mol. The highest BCUT2D eigenvalue weighted by Crippen LogP contribution is 2.33. The molecule has 0 aliphatic heterocycles. The molecule has 0 saturated carbocycles. The van der Waals surface area contributed by atoms with Crippen molar-refractivity contribution < 1.29 is 22.7 Å². The summed E-state index contributed by atoms with van der Waals surface area (Å²) >= 11 is 11.9. The van der Waals surface area contributed by atoms with Crippen LogP contribution in [-0.2, 0) is 10.0 Å². The van der Waals surface area contributed by atoms with Crippen LogP contribution in [0.4, 0.5) is 0 Å². The van der Waals surface area contributed by atoms with Gasteiger partial charge in [-0.05, 0) is 36.4 Å². The Morgan fingerprint density at radius 3 is 2.00 bits per heavy atom. The summed E-state index contributed by atoms with van der Waals surface area (Å²) in [5.74, 6) is -1.45. The summed E-state index contributed by atoms with van der Waals surface area (Å²) in [5.41, 5.74) is 5.16. The average Bonchev–Trinajstić information content (AvgIpc) is 2.54. The monoisotopic (exact) mass is 402 g/mol. The summed E-state index contributed by atoms with van der Waals surface area (Å²) in [7, 11) is -2.81. The average molecular weight is 403 g/mol. The number of primary amides is 1. The number of ether oxygens (including phenoxy) is 1. The van der Waals surface area contributed by atoms with Crippen LogP contribution in [0, 0.1) is 0 Å². The molecule has 0 bridgehead atoms. The Morgan fingerprint density at radius 1 is 1.04 bits per heavy atom. The number of hydrogen-bond acceptors (Lipinski definition) is 5. The summed E-state index contributed by atoms with van der Waals surface area (Å²) < 4.78 is 31.4. The maximum Gasteiger partial charge on any atom is 0.265 e. The molecular weight excluding hydrogens is 391 g/mol. The van der Waals surface area contributed by atoms with Crippen molar-refractivity contribution in [1.29, 1.82) is 0 Å². The van der Waals surface area contributed by atoms with Gasteiger partial charge in [0.15, 0.2) is 5.75 Å². The molecule has 0 spiro atoms. The van der Waals surface area contributed by atoms with E-state index in [1.807, 2.05) is 4.72 Å². The van der Waals surface area contributed by atoms with Crippen molar-refractivity contribution >= 4 is 45.0 Å². The highest BCUT2D eigenvalue weighted by molar-refractivity contribution is 7.90. The lowest BCUT2D eigenvalue weighted by molar-refractivity contribution is 0.0977. The number of nitrogens with two attached hydrogens (primary N) is 1. The van der Waals surface area contributed by atoms with E-state index in [2.05, 4.69) is 0 Å². The molecule has 2 amide bonds. The molecule has 25 heavy (non-hydrogen) atoms. The minimum Gasteiger partial charge on any atom is -0.494 e. The van der Waals surface area contributed by atoms with Gasteiger partial charge >= 0.3 is 0 Å². The molecule has 2 rings (SSSR count). The number of nitrogens with one attached hydrogen (secondary N) is 1. The van der Waals surface area contributed by atoms with Crippen LogP contribution in [0.5, 0.6) is 5.75 Å². The van der Waals surface area contributed by atoms with Gasteiger partial charge in [-0.2, -0.15) is 0 Å². The van der Waals surface area contributed by atoms with Crippen molar-refractivity contribution in [3.63, 3.8) is 0 Å². The lowest BCUT2D eigenvalue weighted by Gasteiger charge is -2.10. The molecule has 10 heteroatoms. The largest absolute Gasteiger partial charge is 0.494 e. The van der Waals surface area contributed by atoms with Crippen LogP contribution in [0.25, 0.3) is 0 Å². The van der Waals surface area contributed by atoms with Crippen LogP contribution < -0.4 is 15.2 Å². The number of hydrogen-bond donors (Lipinski definition) is 2. The number of methoxy groups -OCH3 is 1. The number of amides is 2. The molecule has 0 radical (unpaired) electrons. The van der Waals surface area contributed by atoms with Crippen LogP contribution in [0.1, 0.15) is 20.7 Å². The first-order chi connectivity index (χ1) is 11.7. The fourth-order valence-electron chi connectivity index (χ4n) is 1.92. The SMILES string of the molecule is COc1c(Cl)cc(C(=O)NS(=O)(=O)c2ccc(C(N)=O)cc2)cc1Cl. The van der Waals surface area contributed by atoms with Crippen molar-refractivity contribution in [3.8, 4) is 5.75 Å². The predicted octanol–water partition coefficient (Wildman–Crippen LogP) is 2.22. The summed E-state index contributed by atoms with van der Waals surface area (Å²) in [6.07, 6.45) is 0. The normalized spacial score (nSPS) is 11.0. The number of sulfonamides is 1. The molecule has 0 atom stereocenters. The molecule has 2 aromatic carbocycles. The first kappa shape index (κ1) is 19.0. The maximum absolute atomic E-state index is 12.3. The maximum atomic E-state index is 12.3. The molecular formula is C15H12Cl2N2O5S. The Morgan fingerprint density at radius 2 is 1.56 bits per heavy atom. The number of halogens is 2. The number of benzene rings is 2. The summed E-state index contributed by atoms with van der Waals surface area (Å²) in [6.45, 7) is 0. The van der Waals surface area contributed by atoms with E-state index in [1.165, 1.54) is 31.4 Å². The molecule has 0 aromatic heterocycles. The van der Waals surface area contributed by atoms with E-state index in [1.54, 1.807) is 0 Å². The van der Waals surface area contributed by atoms with Crippen LogP contribution in [0.3, 0.4) is 0 Å². The van der Waals surface area contributed by atoms with Gasteiger partial charge in [0.1, 0.15) is 0 Å². The van der Waals surface area contributed by atoms with Gasteiger partial charge in [0, 0.05) is 11.1 Å². The number of carbonyl (C=O) groups excluding carboxylic acids is 2. The zero-order chi connectivity index (χ0) is 18.8. The van der Waals surface area contributed by atoms with Gasteiger partial charge in [-0.1, -0.05) is 23.2 Å². The zero-order valence-corrected chi connectivity index (χ0v) is 15.1. The highest BCUT2D eigenvalue weighted by atomic mass is 35.5. The molecule has 0 aliphatic rings. The van der Waals surface area contributed by atoms with Crippen LogP contribution in [-0.4, -0.2) is 27.3 Å². The van der Waals surface area contributed by atoms with Gasteiger partial charge in [-0.15, -0.1) is 0 Å². The van der Waals surface area contributed by atoms with E-state index in [4.69, 9.17) is 33.7 Å². The molecule has 0 fully saturated rings.